The minimum absolute atomic E-state index is 0.0544. The van der Waals surface area contributed by atoms with Crippen molar-refractivity contribution in [3.05, 3.63) is 23.4 Å². The zero-order chi connectivity index (χ0) is 21.0. The van der Waals surface area contributed by atoms with Crippen molar-refractivity contribution in [2.24, 2.45) is 5.92 Å². The number of nitrogens with zero attached hydrogens (tertiary/aromatic N) is 4. The molecule has 1 aromatic rings. The van der Waals surface area contributed by atoms with Gasteiger partial charge >= 0.3 is 0 Å². The Morgan fingerprint density at radius 2 is 1.93 bits per heavy atom. The van der Waals surface area contributed by atoms with Gasteiger partial charge in [-0.25, -0.2) is 13.4 Å². The van der Waals surface area contributed by atoms with Crippen LogP contribution in [0.1, 0.15) is 25.7 Å². The molecule has 162 valence electrons. The molecule has 3 heterocycles. The standard InChI is InChI=1S/C20H31ClN4O3S/c1-23(2)9-3-10-25(18-8-13-29(27,28)15-18)20(26)16-6-11-24(12-7-16)19-5-4-17(21)14-22-19/h4-5,14,16,18H,3,6-13,15H2,1-2H3. The maximum atomic E-state index is 13.3. The van der Waals surface area contributed by atoms with Crippen LogP contribution in [0.2, 0.25) is 5.02 Å². The number of halogens is 1. The van der Waals surface area contributed by atoms with E-state index >= 15 is 0 Å². The van der Waals surface area contributed by atoms with Gasteiger partial charge in [-0.2, -0.15) is 0 Å². The quantitative estimate of drug-likeness (QED) is 0.642. The number of piperidine rings is 1. The van der Waals surface area contributed by atoms with Gasteiger partial charge < -0.3 is 14.7 Å². The fourth-order valence-corrected chi connectivity index (χ4v) is 6.04. The molecule has 2 aliphatic rings. The van der Waals surface area contributed by atoms with Crippen molar-refractivity contribution < 1.29 is 13.2 Å². The van der Waals surface area contributed by atoms with E-state index < -0.39 is 9.84 Å². The molecular formula is C20H31ClN4O3S. The fraction of sp³-hybridized carbons (Fsp3) is 0.700. The monoisotopic (exact) mass is 442 g/mol. The van der Waals surface area contributed by atoms with Gasteiger partial charge in [0, 0.05) is 37.8 Å². The van der Waals surface area contributed by atoms with E-state index in [2.05, 4.69) is 14.8 Å². The van der Waals surface area contributed by atoms with Crippen LogP contribution in [0.15, 0.2) is 18.3 Å². The van der Waals surface area contributed by atoms with Gasteiger partial charge in [0.1, 0.15) is 5.82 Å². The number of rotatable bonds is 7. The number of amides is 1. The van der Waals surface area contributed by atoms with Crippen molar-refractivity contribution in [1.29, 1.82) is 0 Å². The lowest BCUT2D eigenvalue weighted by atomic mass is 9.94. The summed E-state index contributed by atoms with van der Waals surface area (Å²) in [7, 11) is 0.987. The Kier molecular flexibility index (Phi) is 7.40. The van der Waals surface area contributed by atoms with Crippen LogP contribution in [0.5, 0.6) is 0 Å². The smallest absolute Gasteiger partial charge is 0.226 e. The molecule has 0 spiro atoms. The first-order valence-corrected chi connectivity index (χ1v) is 12.5. The van der Waals surface area contributed by atoms with Gasteiger partial charge in [0.05, 0.1) is 16.5 Å². The Labute approximate surface area is 178 Å². The minimum atomic E-state index is -3.03. The van der Waals surface area contributed by atoms with Gasteiger partial charge in [-0.1, -0.05) is 11.6 Å². The summed E-state index contributed by atoms with van der Waals surface area (Å²) in [4.78, 5) is 23.8. The van der Waals surface area contributed by atoms with E-state index in [0.29, 0.717) is 18.0 Å². The molecule has 2 saturated heterocycles. The van der Waals surface area contributed by atoms with Crippen LogP contribution in [-0.4, -0.2) is 86.9 Å². The van der Waals surface area contributed by atoms with Crippen molar-refractivity contribution in [2.75, 3.05) is 56.7 Å². The van der Waals surface area contributed by atoms with Crippen molar-refractivity contribution in [2.45, 2.75) is 31.7 Å². The van der Waals surface area contributed by atoms with Gasteiger partial charge in [0.2, 0.25) is 5.91 Å². The Morgan fingerprint density at radius 1 is 1.21 bits per heavy atom. The highest BCUT2D eigenvalue weighted by atomic mass is 35.5. The zero-order valence-corrected chi connectivity index (χ0v) is 18.8. The number of anilines is 1. The molecule has 2 fully saturated rings. The Hall–Kier alpha value is -1.38. The Bertz CT molecular complexity index is 792. The summed E-state index contributed by atoms with van der Waals surface area (Å²) in [6.07, 6.45) is 4.56. The van der Waals surface area contributed by atoms with Crippen LogP contribution < -0.4 is 4.90 Å². The van der Waals surface area contributed by atoms with E-state index in [-0.39, 0.29) is 29.4 Å². The van der Waals surface area contributed by atoms with Crippen LogP contribution in [0.25, 0.3) is 0 Å². The normalized spacial score (nSPS) is 22.2. The summed E-state index contributed by atoms with van der Waals surface area (Å²) in [6, 6.07) is 3.56. The summed E-state index contributed by atoms with van der Waals surface area (Å²) in [5, 5.41) is 0.610. The van der Waals surface area contributed by atoms with Crippen molar-refractivity contribution in [3.63, 3.8) is 0 Å². The van der Waals surface area contributed by atoms with Crippen molar-refractivity contribution in [1.82, 2.24) is 14.8 Å². The summed E-state index contributed by atoms with van der Waals surface area (Å²) in [5.41, 5.74) is 0. The molecule has 0 bridgehead atoms. The number of hydrogen-bond donors (Lipinski definition) is 0. The second kappa shape index (κ2) is 9.62. The maximum absolute atomic E-state index is 13.3. The molecule has 0 aliphatic carbocycles. The molecule has 0 saturated carbocycles. The van der Waals surface area contributed by atoms with Crippen LogP contribution in [0, 0.1) is 5.92 Å². The first-order chi connectivity index (χ1) is 13.7. The molecule has 0 aromatic carbocycles. The van der Waals surface area contributed by atoms with E-state index in [1.807, 2.05) is 31.1 Å². The first kappa shape index (κ1) is 22.3. The highest BCUT2D eigenvalue weighted by Gasteiger charge is 2.37. The van der Waals surface area contributed by atoms with Crippen molar-refractivity contribution >= 4 is 33.2 Å². The van der Waals surface area contributed by atoms with Gasteiger partial charge in [-0.3, -0.25) is 4.79 Å². The van der Waals surface area contributed by atoms with Gasteiger partial charge in [0.15, 0.2) is 9.84 Å². The van der Waals surface area contributed by atoms with Gasteiger partial charge in [-0.05, 0) is 58.5 Å². The largest absolute Gasteiger partial charge is 0.357 e. The molecule has 1 aromatic heterocycles. The fourth-order valence-electron chi connectivity index (χ4n) is 4.20. The van der Waals surface area contributed by atoms with Gasteiger partial charge in [0.25, 0.3) is 0 Å². The van der Waals surface area contributed by atoms with Gasteiger partial charge in [-0.15, -0.1) is 0 Å². The molecule has 7 nitrogen and oxygen atoms in total. The predicted molar refractivity (Wildman–Crippen MR) is 116 cm³/mol. The zero-order valence-electron chi connectivity index (χ0n) is 17.3. The summed E-state index contributed by atoms with van der Waals surface area (Å²) in [6.45, 7) is 3.03. The predicted octanol–water partition coefficient (Wildman–Crippen LogP) is 1.92. The van der Waals surface area contributed by atoms with Crippen LogP contribution in [0.4, 0.5) is 5.82 Å². The van der Waals surface area contributed by atoms with E-state index in [4.69, 9.17) is 11.6 Å². The number of pyridine rings is 1. The molecule has 0 N–H and O–H groups in total. The summed E-state index contributed by atoms with van der Waals surface area (Å²) in [5.74, 6) is 1.24. The molecule has 1 atom stereocenters. The van der Waals surface area contributed by atoms with Crippen LogP contribution >= 0.6 is 11.6 Å². The second-order valence-corrected chi connectivity index (χ2v) is 11.0. The Morgan fingerprint density at radius 3 is 2.48 bits per heavy atom. The molecule has 1 unspecified atom stereocenters. The third-order valence-electron chi connectivity index (χ3n) is 5.82. The SMILES string of the molecule is CN(C)CCCN(C(=O)C1CCN(c2ccc(Cl)cn2)CC1)C1CCS(=O)(=O)C1. The van der Waals surface area contributed by atoms with Crippen LogP contribution in [-0.2, 0) is 14.6 Å². The molecule has 0 radical (unpaired) electrons. The van der Waals surface area contributed by atoms with E-state index in [9.17, 15) is 13.2 Å². The number of sulfone groups is 1. The molecule has 9 heteroatoms. The molecule has 1 amide bonds. The number of carbonyl (C=O) groups is 1. The van der Waals surface area contributed by atoms with Crippen molar-refractivity contribution in [3.8, 4) is 0 Å². The highest BCUT2D eigenvalue weighted by molar-refractivity contribution is 7.91. The summed E-state index contributed by atoms with van der Waals surface area (Å²) >= 11 is 5.92. The highest BCUT2D eigenvalue weighted by Crippen LogP contribution is 2.27. The van der Waals surface area contributed by atoms with E-state index in [0.717, 1.165) is 44.7 Å². The number of carbonyl (C=O) groups excluding carboxylic acids is 1. The molecule has 3 rings (SSSR count). The van der Waals surface area contributed by atoms with Crippen LogP contribution in [0.3, 0.4) is 0 Å². The first-order valence-electron chi connectivity index (χ1n) is 10.3. The Balaban J connectivity index is 1.62. The van der Waals surface area contributed by atoms with E-state index in [1.54, 1.807) is 6.20 Å². The van der Waals surface area contributed by atoms with E-state index in [1.165, 1.54) is 0 Å². The number of hydrogen-bond acceptors (Lipinski definition) is 6. The minimum Gasteiger partial charge on any atom is -0.357 e. The summed E-state index contributed by atoms with van der Waals surface area (Å²) < 4.78 is 24.0. The maximum Gasteiger partial charge on any atom is 0.226 e. The second-order valence-electron chi connectivity index (χ2n) is 8.34. The average Bonchev–Trinajstić information content (AvgIpc) is 3.05. The molecule has 2 aliphatic heterocycles. The molecule has 29 heavy (non-hydrogen) atoms. The average molecular weight is 443 g/mol. The molecular weight excluding hydrogens is 412 g/mol. The number of aromatic nitrogens is 1. The third kappa shape index (κ3) is 6.06. The lowest BCUT2D eigenvalue weighted by Gasteiger charge is -2.37. The third-order valence-corrected chi connectivity index (χ3v) is 7.79. The lowest BCUT2D eigenvalue weighted by molar-refractivity contribution is -0.138. The topological polar surface area (TPSA) is 73.8 Å². The lowest BCUT2D eigenvalue weighted by Crippen LogP contribution is -2.48.